The average molecular weight is 434 g/mol. The van der Waals surface area contributed by atoms with Crippen LogP contribution in [0.25, 0.3) is 0 Å². The van der Waals surface area contributed by atoms with Gasteiger partial charge < -0.3 is 10.5 Å². The molecule has 2 nitrogen and oxygen atoms in total. The summed E-state index contributed by atoms with van der Waals surface area (Å²) in [5.41, 5.74) is 7.26. The topological polar surface area (TPSA) is 35.2 Å². The van der Waals surface area contributed by atoms with Crippen molar-refractivity contribution in [1.82, 2.24) is 0 Å². The van der Waals surface area contributed by atoms with Gasteiger partial charge in [0, 0.05) is 15.0 Å². The zero-order valence-corrected chi connectivity index (χ0v) is 15.5. The molecule has 2 unspecified atom stereocenters. The average Bonchev–Trinajstić information content (AvgIpc) is 2.47. The predicted octanol–water partition coefficient (Wildman–Crippen LogP) is 5.72. The number of nitrogens with two attached hydrogens (primary N) is 1. The van der Waals surface area contributed by atoms with Crippen LogP contribution in [0, 0.1) is 0 Å². The maximum atomic E-state index is 6.24. The van der Waals surface area contributed by atoms with Gasteiger partial charge in [-0.3, -0.25) is 0 Å². The Kier molecular flexibility index (Phi) is 6.11. The molecule has 0 aliphatic rings. The summed E-state index contributed by atoms with van der Waals surface area (Å²) in [5, 5.41) is 0.571. The van der Waals surface area contributed by atoms with Crippen LogP contribution in [-0.4, -0.2) is 6.04 Å². The smallest absolute Gasteiger partial charge is 0.140 e. The van der Waals surface area contributed by atoms with Gasteiger partial charge in [-0.05, 0) is 42.3 Å². The third-order valence-electron chi connectivity index (χ3n) is 3.18. The summed E-state index contributed by atoms with van der Waals surface area (Å²) in [6.45, 7) is 2.04. The van der Waals surface area contributed by atoms with Crippen molar-refractivity contribution < 1.29 is 4.74 Å². The molecule has 21 heavy (non-hydrogen) atoms. The zero-order valence-electron chi connectivity index (χ0n) is 11.5. The molecule has 0 spiro atoms. The van der Waals surface area contributed by atoms with Crippen LogP contribution in [-0.2, 0) is 0 Å². The second-order valence-electron chi connectivity index (χ2n) is 4.74. The second-order valence-corrected chi connectivity index (χ2v) is 6.98. The highest BCUT2D eigenvalue weighted by Gasteiger charge is 2.22. The number of rotatable bonds is 5. The van der Waals surface area contributed by atoms with E-state index in [1.54, 1.807) is 6.07 Å². The Hall–Kier alpha value is -0.550. The van der Waals surface area contributed by atoms with E-state index in [0.717, 1.165) is 20.9 Å². The number of ether oxygens (including phenoxy) is 1. The number of hydrogen-bond acceptors (Lipinski definition) is 2. The van der Waals surface area contributed by atoms with Crippen LogP contribution in [0.15, 0.2) is 51.4 Å². The summed E-state index contributed by atoms with van der Waals surface area (Å²) >= 11 is 13.1. The van der Waals surface area contributed by atoms with E-state index in [4.69, 9.17) is 22.1 Å². The molecule has 2 aromatic carbocycles. The second kappa shape index (κ2) is 7.63. The third-order valence-corrected chi connectivity index (χ3v) is 4.48. The van der Waals surface area contributed by atoms with Crippen molar-refractivity contribution in [3.05, 3.63) is 62.0 Å². The van der Waals surface area contributed by atoms with Crippen molar-refractivity contribution >= 4 is 43.5 Å². The quantitative estimate of drug-likeness (QED) is 0.654. The van der Waals surface area contributed by atoms with Gasteiger partial charge in [0.05, 0.1) is 5.02 Å². The van der Waals surface area contributed by atoms with E-state index in [0.29, 0.717) is 10.8 Å². The molecule has 0 aliphatic carbocycles. The fourth-order valence-corrected chi connectivity index (χ4v) is 2.92. The van der Waals surface area contributed by atoms with Gasteiger partial charge in [-0.15, -0.1) is 0 Å². The molecule has 0 amide bonds. The number of benzene rings is 2. The molecule has 0 fully saturated rings. The van der Waals surface area contributed by atoms with Gasteiger partial charge in [-0.25, -0.2) is 0 Å². The van der Waals surface area contributed by atoms with Crippen LogP contribution in [0.5, 0.6) is 5.75 Å². The SMILES string of the molecule is CCC(N)C(Oc1cc(Br)ccc1Cl)c1cccc(Br)c1. The molecule has 5 heteroatoms. The lowest BCUT2D eigenvalue weighted by Crippen LogP contribution is -2.31. The molecular weight excluding hydrogens is 417 g/mol. The van der Waals surface area contributed by atoms with Crippen LogP contribution >= 0.6 is 43.5 Å². The summed E-state index contributed by atoms with van der Waals surface area (Å²) in [6.07, 6.45) is 0.558. The Morgan fingerprint density at radius 1 is 1.14 bits per heavy atom. The standard InChI is InChI=1S/C16H16Br2ClNO/c1-2-14(20)16(10-4-3-5-11(17)8-10)21-15-9-12(18)6-7-13(15)19/h3-9,14,16H,2,20H2,1H3. The highest BCUT2D eigenvalue weighted by Crippen LogP contribution is 2.33. The zero-order chi connectivity index (χ0) is 15.4. The largest absolute Gasteiger partial charge is 0.482 e. The molecule has 0 aliphatic heterocycles. The molecule has 0 aromatic heterocycles. The Labute approximate surface area is 146 Å². The summed E-state index contributed by atoms with van der Waals surface area (Å²) < 4.78 is 8.03. The van der Waals surface area contributed by atoms with E-state index < -0.39 is 0 Å². The van der Waals surface area contributed by atoms with Crippen LogP contribution in [0.2, 0.25) is 5.02 Å². The molecule has 0 bridgehead atoms. The molecule has 2 aromatic rings. The van der Waals surface area contributed by atoms with E-state index in [-0.39, 0.29) is 12.1 Å². The Balaban J connectivity index is 2.35. The van der Waals surface area contributed by atoms with E-state index in [1.165, 1.54) is 0 Å². The van der Waals surface area contributed by atoms with E-state index in [2.05, 4.69) is 31.9 Å². The van der Waals surface area contributed by atoms with Crippen LogP contribution < -0.4 is 10.5 Å². The number of hydrogen-bond donors (Lipinski definition) is 1. The van der Waals surface area contributed by atoms with Crippen molar-refractivity contribution in [1.29, 1.82) is 0 Å². The van der Waals surface area contributed by atoms with Crippen molar-refractivity contribution in [3.63, 3.8) is 0 Å². The highest BCUT2D eigenvalue weighted by molar-refractivity contribution is 9.10. The maximum absolute atomic E-state index is 6.24. The minimum Gasteiger partial charge on any atom is -0.482 e. The fourth-order valence-electron chi connectivity index (χ4n) is 2.00. The van der Waals surface area contributed by atoms with Crippen LogP contribution in [0.4, 0.5) is 0 Å². The minimum atomic E-state index is -0.251. The lowest BCUT2D eigenvalue weighted by molar-refractivity contribution is 0.171. The first-order chi connectivity index (χ1) is 10.0. The molecule has 2 atom stereocenters. The molecule has 0 radical (unpaired) electrons. The van der Waals surface area contributed by atoms with E-state index >= 15 is 0 Å². The molecule has 0 heterocycles. The van der Waals surface area contributed by atoms with Gasteiger partial charge in [0.25, 0.3) is 0 Å². The van der Waals surface area contributed by atoms with Gasteiger partial charge in [0.1, 0.15) is 11.9 Å². The molecule has 0 saturated heterocycles. The number of halogens is 3. The molecule has 2 rings (SSSR count). The molecular formula is C16H16Br2ClNO. The van der Waals surface area contributed by atoms with E-state index in [9.17, 15) is 0 Å². The van der Waals surface area contributed by atoms with Gasteiger partial charge in [-0.1, -0.05) is 62.5 Å². The third kappa shape index (κ3) is 4.46. The predicted molar refractivity (Wildman–Crippen MR) is 94.9 cm³/mol. The van der Waals surface area contributed by atoms with E-state index in [1.807, 2.05) is 43.3 Å². The Morgan fingerprint density at radius 2 is 1.86 bits per heavy atom. The van der Waals surface area contributed by atoms with Crippen LogP contribution in [0.3, 0.4) is 0 Å². The fraction of sp³-hybridized carbons (Fsp3) is 0.250. The molecule has 112 valence electrons. The van der Waals surface area contributed by atoms with Crippen molar-refractivity contribution in [3.8, 4) is 5.75 Å². The van der Waals surface area contributed by atoms with Crippen molar-refractivity contribution in [2.75, 3.05) is 0 Å². The first-order valence-electron chi connectivity index (χ1n) is 6.64. The van der Waals surface area contributed by atoms with Gasteiger partial charge in [-0.2, -0.15) is 0 Å². The monoisotopic (exact) mass is 431 g/mol. The van der Waals surface area contributed by atoms with Gasteiger partial charge in [0.2, 0.25) is 0 Å². The molecule has 0 saturated carbocycles. The van der Waals surface area contributed by atoms with Crippen molar-refractivity contribution in [2.24, 2.45) is 5.73 Å². The highest BCUT2D eigenvalue weighted by atomic mass is 79.9. The lowest BCUT2D eigenvalue weighted by atomic mass is 10.0. The summed E-state index contributed by atoms with van der Waals surface area (Å²) in [5.74, 6) is 0.625. The summed E-state index contributed by atoms with van der Waals surface area (Å²) in [7, 11) is 0. The first-order valence-corrected chi connectivity index (χ1v) is 8.60. The Bertz CT molecular complexity index is 621. The maximum Gasteiger partial charge on any atom is 0.140 e. The summed E-state index contributed by atoms with van der Waals surface area (Å²) in [6, 6.07) is 13.4. The van der Waals surface area contributed by atoms with Gasteiger partial charge in [0.15, 0.2) is 0 Å². The van der Waals surface area contributed by atoms with Gasteiger partial charge >= 0.3 is 0 Å². The van der Waals surface area contributed by atoms with Crippen molar-refractivity contribution in [2.45, 2.75) is 25.5 Å². The summed E-state index contributed by atoms with van der Waals surface area (Å²) in [4.78, 5) is 0. The Morgan fingerprint density at radius 3 is 2.52 bits per heavy atom. The lowest BCUT2D eigenvalue weighted by Gasteiger charge is -2.25. The first kappa shape index (κ1) is 16.8. The minimum absolute atomic E-state index is 0.116. The van der Waals surface area contributed by atoms with Crippen LogP contribution in [0.1, 0.15) is 25.0 Å². The molecule has 2 N–H and O–H groups in total. The normalized spacial score (nSPS) is 13.8.